The third-order valence-corrected chi connectivity index (χ3v) is 1.47. The van der Waals surface area contributed by atoms with Crippen molar-refractivity contribution in [2.24, 2.45) is 0 Å². The fraction of sp³-hybridized carbons (Fsp3) is 0.429. The lowest BCUT2D eigenvalue weighted by Crippen LogP contribution is -3.06. The molecule has 0 aromatic heterocycles. The summed E-state index contributed by atoms with van der Waals surface area (Å²) in [7, 11) is 0. The van der Waals surface area contributed by atoms with Crippen LogP contribution in [0.4, 0.5) is 0 Å². The van der Waals surface area contributed by atoms with Gasteiger partial charge in [0.1, 0.15) is 6.04 Å². The van der Waals surface area contributed by atoms with Gasteiger partial charge < -0.3 is 10.3 Å². The molecule has 0 amide bonds. The first-order valence-electron chi connectivity index (χ1n) is 3.10. The second kappa shape index (κ2) is 2.33. The number of nitrogens with one attached hydrogen (secondary N) is 1. The fourth-order valence-electron chi connectivity index (χ4n) is 0.795. The summed E-state index contributed by atoms with van der Waals surface area (Å²) < 4.78 is 0. The highest BCUT2D eigenvalue weighted by Crippen LogP contribution is 1.96. The molecule has 1 rings (SSSR count). The molecule has 0 aromatic carbocycles. The Labute approximate surface area is 55.1 Å². The number of rotatable bonds is 0. The number of hydrogen-bond donors (Lipinski definition) is 1. The Hall–Kier alpha value is -0.600. The molecule has 1 aliphatic rings. The zero-order valence-electron chi connectivity index (χ0n) is 5.72. The standard InChI is InChI=1S/C7H11NO/c1-6-3-4-7(2)8(9)5-6/h3-5,7-8H,1-2H3. The largest absolute Gasteiger partial charge is 0.629 e. The van der Waals surface area contributed by atoms with Crippen LogP contribution in [0.2, 0.25) is 0 Å². The molecule has 0 spiro atoms. The van der Waals surface area contributed by atoms with Crippen LogP contribution >= 0.6 is 0 Å². The first-order valence-corrected chi connectivity index (χ1v) is 3.10. The topological polar surface area (TPSA) is 27.5 Å². The van der Waals surface area contributed by atoms with Crippen LogP contribution in [0.5, 0.6) is 0 Å². The van der Waals surface area contributed by atoms with Gasteiger partial charge in [-0.05, 0) is 19.9 Å². The van der Waals surface area contributed by atoms with Gasteiger partial charge in [-0.2, -0.15) is 0 Å². The summed E-state index contributed by atoms with van der Waals surface area (Å²) >= 11 is 0. The lowest BCUT2D eigenvalue weighted by atomic mass is 10.2. The summed E-state index contributed by atoms with van der Waals surface area (Å²) in [6, 6.07) is 0.0914. The monoisotopic (exact) mass is 125 g/mol. The first kappa shape index (κ1) is 6.52. The lowest BCUT2D eigenvalue weighted by Gasteiger charge is -2.25. The Balaban J connectivity index is 2.70. The van der Waals surface area contributed by atoms with E-state index < -0.39 is 0 Å². The minimum Gasteiger partial charge on any atom is -0.629 e. The molecule has 2 nitrogen and oxygen atoms in total. The molecule has 1 N–H and O–H groups in total. The van der Waals surface area contributed by atoms with Crippen LogP contribution in [0.25, 0.3) is 0 Å². The molecule has 0 radical (unpaired) electrons. The molecule has 0 saturated heterocycles. The zero-order chi connectivity index (χ0) is 6.85. The van der Waals surface area contributed by atoms with Gasteiger partial charge in [0.2, 0.25) is 0 Å². The van der Waals surface area contributed by atoms with Gasteiger partial charge >= 0.3 is 0 Å². The van der Waals surface area contributed by atoms with Crippen LogP contribution in [-0.4, -0.2) is 6.04 Å². The zero-order valence-corrected chi connectivity index (χ0v) is 5.72. The molecule has 0 aromatic rings. The van der Waals surface area contributed by atoms with Crippen LogP contribution in [0, 0.1) is 5.21 Å². The predicted octanol–water partition coefficient (Wildman–Crippen LogP) is 0.231. The molecule has 1 heterocycles. The molecular weight excluding hydrogens is 114 g/mol. The van der Waals surface area contributed by atoms with Crippen molar-refractivity contribution in [2.45, 2.75) is 19.9 Å². The Morgan fingerprint density at radius 2 is 2.33 bits per heavy atom. The number of hydrogen-bond acceptors (Lipinski definition) is 1. The Kier molecular flexibility index (Phi) is 1.69. The van der Waals surface area contributed by atoms with Gasteiger partial charge in [-0.1, -0.05) is 6.08 Å². The molecule has 2 atom stereocenters. The molecule has 1 aliphatic heterocycles. The van der Waals surface area contributed by atoms with Crippen molar-refractivity contribution in [1.29, 1.82) is 0 Å². The van der Waals surface area contributed by atoms with E-state index in [-0.39, 0.29) is 11.1 Å². The van der Waals surface area contributed by atoms with E-state index in [0.717, 1.165) is 5.57 Å². The summed E-state index contributed by atoms with van der Waals surface area (Å²) in [5.41, 5.74) is 1.05. The lowest BCUT2D eigenvalue weighted by molar-refractivity contribution is -0.811. The van der Waals surface area contributed by atoms with Crippen molar-refractivity contribution in [3.8, 4) is 0 Å². The number of hydroxylamine groups is 2. The van der Waals surface area contributed by atoms with E-state index in [0.29, 0.717) is 0 Å². The second-order valence-corrected chi connectivity index (χ2v) is 2.44. The number of allylic oxidation sites excluding steroid dienone is 2. The highest BCUT2D eigenvalue weighted by atomic mass is 16.5. The summed E-state index contributed by atoms with van der Waals surface area (Å²) in [5, 5.41) is 11.1. The van der Waals surface area contributed by atoms with E-state index in [2.05, 4.69) is 0 Å². The Bertz CT molecular complexity index is 160. The summed E-state index contributed by atoms with van der Waals surface area (Å²) in [5.74, 6) is 0. The van der Waals surface area contributed by atoms with Crippen LogP contribution in [0.3, 0.4) is 0 Å². The van der Waals surface area contributed by atoms with E-state index >= 15 is 0 Å². The van der Waals surface area contributed by atoms with Gasteiger partial charge in [-0.15, -0.1) is 0 Å². The molecule has 2 heteroatoms. The molecule has 50 valence electrons. The Morgan fingerprint density at radius 1 is 1.67 bits per heavy atom. The van der Waals surface area contributed by atoms with Crippen molar-refractivity contribution in [3.63, 3.8) is 0 Å². The van der Waals surface area contributed by atoms with Crippen LogP contribution in [0.15, 0.2) is 23.9 Å². The van der Waals surface area contributed by atoms with Crippen LogP contribution in [0.1, 0.15) is 13.8 Å². The maximum absolute atomic E-state index is 10.9. The summed E-state index contributed by atoms with van der Waals surface area (Å²) in [6.07, 6.45) is 5.59. The minimum absolute atomic E-state index is 0.0914. The second-order valence-electron chi connectivity index (χ2n) is 2.44. The molecule has 0 saturated carbocycles. The van der Waals surface area contributed by atoms with Crippen molar-refractivity contribution in [3.05, 3.63) is 29.1 Å². The quantitative estimate of drug-likeness (QED) is 0.461. The van der Waals surface area contributed by atoms with Gasteiger partial charge in [0.15, 0.2) is 0 Å². The molecule has 9 heavy (non-hydrogen) atoms. The predicted molar refractivity (Wildman–Crippen MR) is 36.7 cm³/mol. The molecular formula is C7H11NO. The average Bonchev–Trinajstić information content (AvgIpc) is 1.80. The maximum Gasteiger partial charge on any atom is 0.107 e. The molecule has 0 bridgehead atoms. The summed E-state index contributed by atoms with van der Waals surface area (Å²) in [6.45, 7) is 3.84. The fourth-order valence-corrected chi connectivity index (χ4v) is 0.795. The smallest absolute Gasteiger partial charge is 0.107 e. The van der Waals surface area contributed by atoms with E-state index in [9.17, 15) is 5.21 Å². The SMILES string of the molecule is CC1=C[NH+]([O-])C(C)C=C1. The van der Waals surface area contributed by atoms with E-state index in [1.165, 1.54) is 0 Å². The average molecular weight is 125 g/mol. The van der Waals surface area contributed by atoms with Gasteiger partial charge in [0, 0.05) is 5.57 Å². The van der Waals surface area contributed by atoms with Crippen molar-refractivity contribution in [1.82, 2.24) is 0 Å². The van der Waals surface area contributed by atoms with Crippen molar-refractivity contribution >= 4 is 0 Å². The minimum atomic E-state index is 0.0914. The van der Waals surface area contributed by atoms with Crippen LogP contribution < -0.4 is 5.06 Å². The van der Waals surface area contributed by atoms with E-state index in [4.69, 9.17) is 0 Å². The van der Waals surface area contributed by atoms with Crippen molar-refractivity contribution < 1.29 is 5.06 Å². The molecule has 0 aliphatic carbocycles. The van der Waals surface area contributed by atoms with Gasteiger partial charge in [-0.3, -0.25) is 0 Å². The van der Waals surface area contributed by atoms with Gasteiger partial charge in [0.05, 0.1) is 6.20 Å². The Morgan fingerprint density at radius 3 is 2.78 bits per heavy atom. The van der Waals surface area contributed by atoms with Gasteiger partial charge in [0.25, 0.3) is 0 Å². The first-order chi connectivity index (χ1) is 4.20. The highest BCUT2D eigenvalue weighted by molar-refractivity contribution is 5.16. The van der Waals surface area contributed by atoms with E-state index in [1.807, 2.05) is 26.0 Å². The van der Waals surface area contributed by atoms with Crippen molar-refractivity contribution in [2.75, 3.05) is 0 Å². The van der Waals surface area contributed by atoms with Gasteiger partial charge in [-0.25, -0.2) is 0 Å². The third-order valence-electron chi connectivity index (χ3n) is 1.47. The third kappa shape index (κ3) is 1.40. The molecule has 0 fully saturated rings. The maximum atomic E-state index is 10.9. The molecule has 2 unspecified atom stereocenters. The van der Waals surface area contributed by atoms with Crippen LogP contribution in [-0.2, 0) is 0 Å². The summed E-state index contributed by atoms with van der Waals surface area (Å²) in [4.78, 5) is 0. The number of quaternary nitrogens is 1. The van der Waals surface area contributed by atoms with E-state index in [1.54, 1.807) is 6.20 Å². The normalized spacial score (nSPS) is 34.3. The highest BCUT2D eigenvalue weighted by Gasteiger charge is 2.06.